The SMILES string of the molecule is O=[p+]1oc2c(Br)cc(Br)cc2c2ccc(Br)cc21. The molecule has 2 aromatic carbocycles. The number of fused-ring (bicyclic) bond motifs is 3. The first-order chi connectivity index (χ1) is 8.56. The van der Waals surface area contributed by atoms with Gasteiger partial charge in [-0.25, -0.2) is 4.20 Å². The summed E-state index contributed by atoms with van der Waals surface area (Å²) in [5, 5.41) is 2.60. The summed E-state index contributed by atoms with van der Waals surface area (Å²) in [4.78, 5) is 0. The lowest BCUT2D eigenvalue weighted by atomic mass is 10.1. The van der Waals surface area contributed by atoms with Crippen LogP contribution in [0.3, 0.4) is 0 Å². The van der Waals surface area contributed by atoms with Crippen molar-refractivity contribution in [3.63, 3.8) is 0 Å². The standard InChI is InChI=1S/C12H5Br3O2P/c13-6-1-2-8-9-3-7(14)4-10(15)12(9)17-18(16)11(8)5-6/h1-5H/q+1. The first kappa shape index (κ1) is 12.8. The summed E-state index contributed by atoms with van der Waals surface area (Å²) < 4.78 is 20.3. The van der Waals surface area contributed by atoms with Crippen molar-refractivity contribution in [3.8, 4) is 0 Å². The smallest absolute Gasteiger partial charge is 0.248 e. The van der Waals surface area contributed by atoms with E-state index >= 15 is 0 Å². The molecule has 0 fully saturated rings. The van der Waals surface area contributed by atoms with Crippen molar-refractivity contribution in [2.45, 2.75) is 0 Å². The zero-order chi connectivity index (χ0) is 12.9. The average Bonchev–Trinajstić information content (AvgIpc) is 2.31. The molecule has 0 amide bonds. The predicted molar refractivity (Wildman–Crippen MR) is 84.4 cm³/mol. The van der Waals surface area contributed by atoms with Crippen molar-refractivity contribution >= 4 is 76.9 Å². The highest BCUT2D eigenvalue weighted by Gasteiger charge is 2.19. The van der Waals surface area contributed by atoms with Gasteiger partial charge in [-0.2, -0.15) is 0 Å². The van der Waals surface area contributed by atoms with Gasteiger partial charge in [0.25, 0.3) is 0 Å². The molecule has 0 N–H and O–H groups in total. The Kier molecular flexibility index (Phi) is 3.35. The quantitative estimate of drug-likeness (QED) is 0.360. The van der Waals surface area contributed by atoms with Gasteiger partial charge in [-0.1, -0.05) is 31.9 Å². The summed E-state index contributed by atoms with van der Waals surface area (Å²) >= 11 is 10.3. The van der Waals surface area contributed by atoms with Gasteiger partial charge in [0.05, 0.1) is 4.47 Å². The maximum absolute atomic E-state index is 12.1. The van der Waals surface area contributed by atoms with Crippen LogP contribution in [-0.2, 0) is 4.57 Å². The van der Waals surface area contributed by atoms with Crippen LogP contribution in [0, 0.1) is 0 Å². The van der Waals surface area contributed by atoms with Gasteiger partial charge in [0, 0.05) is 25.8 Å². The van der Waals surface area contributed by atoms with E-state index in [9.17, 15) is 4.57 Å². The molecular weight excluding hydrogens is 447 g/mol. The molecule has 0 aliphatic rings. The van der Waals surface area contributed by atoms with Gasteiger partial charge in [0.1, 0.15) is 0 Å². The van der Waals surface area contributed by atoms with Gasteiger partial charge in [0.15, 0.2) is 0 Å². The molecule has 1 aromatic heterocycles. The molecule has 18 heavy (non-hydrogen) atoms. The minimum Gasteiger partial charge on any atom is -0.248 e. The molecule has 3 rings (SSSR count). The maximum atomic E-state index is 12.1. The van der Waals surface area contributed by atoms with Crippen molar-refractivity contribution in [2.24, 2.45) is 0 Å². The summed E-state index contributed by atoms with van der Waals surface area (Å²) in [7, 11) is -1.86. The molecular formula is C12H5Br3O2P+. The zero-order valence-corrected chi connectivity index (χ0v) is 14.4. The Labute approximate surface area is 129 Å². The molecule has 90 valence electrons. The molecule has 1 unspecified atom stereocenters. The van der Waals surface area contributed by atoms with Crippen molar-refractivity contribution in [1.29, 1.82) is 0 Å². The number of benzene rings is 2. The second-order valence-electron chi connectivity index (χ2n) is 3.77. The lowest BCUT2D eigenvalue weighted by molar-refractivity contribution is 0.563. The Bertz CT molecular complexity index is 842. The van der Waals surface area contributed by atoms with Gasteiger partial charge >= 0.3 is 7.65 Å². The summed E-state index contributed by atoms with van der Waals surface area (Å²) in [6, 6.07) is 9.58. The highest BCUT2D eigenvalue weighted by Crippen LogP contribution is 2.40. The van der Waals surface area contributed by atoms with E-state index in [0.29, 0.717) is 5.58 Å². The molecule has 6 heteroatoms. The molecule has 3 aromatic rings. The summed E-state index contributed by atoms with van der Waals surface area (Å²) in [6.07, 6.45) is 0. The van der Waals surface area contributed by atoms with Crippen molar-refractivity contribution in [2.75, 3.05) is 0 Å². The van der Waals surface area contributed by atoms with Crippen molar-refractivity contribution in [1.82, 2.24) is 0 Å². The molecule has 2 nitrogen and oxygen atoms in total. The molecule has 1 heterocycles. The fraction of sp³-hybridized carbons (Fsp3) is 0. The van der Waals surface area contributed by atoms with Crippen LogP contribution in [0.5, 0.6) is 0 Å². The second kappa shape index (κ2) is 4.71. The molecule has 0 bridgehead atoms. The van der Waals surface area contributed by atoms with Gasteiger partial charge in [-0.15, -0.1) is 0 Å². The first-order valence-corrected chi connectivity index (χ1v) is 8.56. The number of hydrogen-bond acceptors (Lipinski definition) is 2. The van der Waals surface area contributed by atoms with Gasteiger partial charge < -0.3 is 0 Å². The minimum atomic E-state index is -1.86. The van der Waals surface area contributed by atoms with Crippen LogP contribution in [0.25, 0.3) is 21.5 Å². The maximum Gasteiger partial charge on any atom is 0.597 e. The molecule has 0 aliphatic heterocycles. The van der Waals surface area contributed by atoms with Crippen molar-refractivity contribution in [3.05, 3.63) is 43.7 Å². The van der Waals surface area contributed by atoms with Crippen LogP contribution in [0.4, 0.5) is 0 Å². The van der Waals surface area contributed by atoms with Crippen LogP contribution in [0.15, 0.2) is 47.9 Å². The number of hydrogen-bond donors (Lipinski definition) is 0. The molecule has 0 spiro atoms. The van der Waals surface area contributed by atoms with E-state index in [4.69, 9.17) is 4.20 Å². The van der Waals surface area contributed by atoms with Crippen LogP contribution < -0.4 is 0 Å². The lowest BCUT2D eigenvalue weighted by Gasteiger charge is -2.00. The highest BCUT2D eigenvalue weighted by atomic mass is 79.9. The minimum absolute atomic E-state index is 0.633. The van der Waals surface area contributed by atoms with E-state index in [0.717, 1.165) is 29.3 Å². The lowest BCUT2D eigenvalue weighted by Crippen LogP contribution is -1.78. The fourth-order valence-corrected chi connectivity index (χ4v) is 4.94. The summed E-state index contributed by atoms with van der Waals surface area (Å²) in [6.45, 7) is 0. The van der Waals surface area contributed by atoms with Crippen molar-refractivity contribution < 1.29 is 8.76 Å². The monoisotopic (exact) mass is 449 g/mol. The van der Waals surface area contributed by atoms with E-state index in [1.165, 1.54) is 0 Å². The number of rotatable bonds is 0. The second-order valence-corrected chi connectivity index (χ2v) is 7.64. The molecule has 0 saturated carbocycles. The van der Waals surface area contributed by atoms with Gasteiger partial charge in [-0.05, 0) is 44.8 Å². The van der Waals surface area contributed by atoms with E-state index in [1.54, 1.807) is 0 Å². The third kappa shape index (κ3) is 2.07. The average molecular weight is 452 g/mol. The van der Waals surface area contributed by atoms with E-state index in [1.807, 2.05) is 30.3 Å². The third-order valence-electron chi connectivity index (χ3n) is 2.63. The Morgan fingerprint density at radius 2 is 1.72 bits per heavy atom. The Morgan fingerprint density at radius 1 is 0.944 bits per heavy atom. The van der Waals surface area contributed by atoms with Gasteiger partial charge in [-0.3, -0.25) is 0 Å². The largest absolute Gasteiger partial charge is 0.597 e. The summed E-state index contributed by atoms with van der Waals surface area (Å²) in [5.41, 5.74) is 0.633. The number of halogens is 3. The van der Waals surface area contributed by atoms with Crippen LogP contribution >= 0.6 is 55.4 Å². The van der Waals surface area contributed by atoms with Gasteiger partial charge in [0.2, 0.25) is 10.7 Å². The molecule has 0 radical (unpaired) electrons. The van der Waals surface area contributed by atoms with Crippen LogP contribution in [-0.4, -0.2) is 0 Å². The Morgan fingerprint density at radius 3 is 2.50 bits per heavy atom. The Hall–Kier alpha value is -0.220. The predicted octanol–water partition coefficient (Wildman–Crippen LogP) is 6.62. The van der Waals surface area contributed by atoms with Crippen LogP contribution in [0.2, 0.25) is 0 Å². The van der Waals surface area contributed by atoms with E-state index in [2.05, 4.69) is 47.8 Å². The third-order valence-corrected chi connectivity index (χ3v) is 5.28. The van der Waals surface area contributed by atoms with E-state index < -0.39 is 7.65 Å². The first-order valence-electron chi connectivity index (χ1n) is 5.00. The highest BCUT2D eigenvalue weighted by molar-refractivity contribution is 9.11. The zero-order valence-electron chi connectivity index (χ0n) is 8.78. The topological polar surface area (TPSA) is 30.2 Å². The summed E-state index contributed by atoms with van der Waals surface area (Å²) in [5.74, 6) is 0. The normalized spacial score (nSPS) is 12.3. The molecule has 0 saturated heterocycles. The van der Waals surface area contributed by atoms with Crippen LogP contribution in [0.1, 0.15) is 0 Å². The van der Waals surface area contributed by atoms with E-state index in [-0.39, 0.29) is 0 Å². The fourth-order valence-electron chi connectivity index (χ4n) is 1.87. The molecule has 0 aliphatic carbocycles. The molecule has 1 atom stereocenters. The Balaban J connectivity index is 2.65.